The smallest absolute Gasteiger partial charge is 0.283 e. The molecule has 2 N–H and O–H groups in total. The van der Waals surface area contributed by atoms with E-state index in [-0.39, 0.29) is 17.6 Å². The van der Waals surface area contributed by atoms with Crippen molar-refractivity contribution in [3.8, 4) is 0 Å². The van der Waals surface area contributed by atoms with Crippen LogP contribution in [-0.2, 0) is 11.3 Å². The summed E-state index contributed by atoms with van der Waals surface area (Å²) in [5.41, 5.74) is 0.919. The van der Waals surface area contributed by atoms with E-state index in [0.29, 0.717) is 24.0 Å². The Balaban J connectivity index is 1.94. The average molecular weight is 328 g/mol. The van der Waals surface area contributed by atoms with Gasteiger partial charge in [-0.1, -0.05) is 6.07 Å². The fourth-order valence-corrected chi connectivity index (χ4v) is 2.37. The number of piperidine rings is 1. The number of hydrogen-bond acceptors (Lipinski definition) is 4. The molecule has 7 heteroatoms. The molecule has 0 bridgehead atoms. The first-order valence-corrected chi connectivity index (χ1v) is 6.78. The van der Waals surface area contributed by atoms with Gasteiger partial charge in [-0.05, 0) is 34.0 Å². The minimum atomic E-state index is -0.408. The van der Waals surface area contributed by atoms with Gasteiger partial charge in [0.2, 0.25) is 5.91 Å². The maximum atomic E-state index is 11.0. The highest BCUT2D eigenvalue weighted by Crippen LogP contribution is 2.25. The molecule has 1 amide bonds. The van der Waals surface area contributed by atoms with Crippen LogP contribution >= 0.6 is 15.9 Å². The summed E-state index contributed by atoms with van der Waals surface area (Å²) in [5.74, 6) is 0.0809. The van der Waals surface area contributed by atoms with Gasteiger partial charge in [0.25, 0.3) is 5.69 Å². The Kier molecular flexibility index (Phi) is 4.49. The van der Waals surface area contributed by atoms with Crippen LogP contribution in [0.4, 0.5) is 5.69 Å². The Labute approximate surface area is 118 Å². The fourth-order valence-electron chi connectivity index (χ4n) is 1.98. The number of halogens is 1. The number of rotatable bonds is 4. The number of nitro benzene ring substituents is 1. The lowest BCUT2D eigenvalue weighted by molar-refractivity contribution is -0.385. The first-order valence-electron chi connectivity index (χ1n) is 5.99. The fraction of sp³-hybridized carbons (Fsp3) is 0.417. The van der Waals surface area contributed by atoms with E-state index in [2.05, 4.69) is 26.6 Å². The molecule has 1 heterocycles. The molecule has 1 saturated heterocycles. The zero-order chi connectivity index (χ0) is 13.8. The lowest BCUT2D eigenvalue weighted by atomic mass is 10.1. The number of nitrogens with one attached hydrogen (secondary N) is 2. The minimum absolute atomic E-state index is 0.0660. The van der Waals surface area contributed by atoms with E-state index in [4.69, 9.17) is 0 Å². The van der Waals surface area contributed by atoms with Crippen LogP contribution in [0, 0.1) is 10.1 Å². The molecule has 0 radical (unpaired) electrons. The second-order valence-corrected chi connectivity index (χ2v) is 5.32. The lowest BCUT2D eigenvalue weighted by Gasteiger charge is -2.23. The highest BCUT2D eigenvalue weighted by Gasteiger charge is 2.18. The summed E-state index contributed by atoms with van der Waals surface area (Å²) in [7, 11) is 0. The Morgan fingerprint density at radius 2 is 2.32 bits per heavy atom. The molecule has 0 spiro atoms. The quantitative estimate of drug-likeness (QED) is 0.651. The number of nitrogens with zero attached hydrogens (tertiary/aromatic N) is 1. The molecule has 102 valence electrons. The van der Waals surface area contributed by atoms with Crippen molar-refractivity contribution >= 4 is 27.5 Å². The predicted octanol–water partition coefficient (Wildman–Crippen LogP) is 1.73. The van der Waals surface area contributed by atoms with Gasteiger partial charge in [-0.25, -0.2) is 0 Å². The molecule has 1 aliphatic heterocycles. The summed E-state index contributed by atoms with van der Waals surface area (Å²) in [5, 5.41) is 16.9. The van der Waals surface area contributed by atoms with Gasteiger partial charge in [0, 0.05) is 31.6 Å². The van der Waals surface area contributed by atoms with Gasteiger partial charge in [0.1, 0.15) is 0 Å². The van der Waals surface area contributed by atoms with Crippen LogP contribution in [0.15, 0.2) is 22.7 Å². The Hall–Kier alpha value is -1.47. The van der Waals surface area contributed by atoms with Gasteiger partial charge in [0.05, 0.1) is 9.40 Å². The maximum Gasteiger partial charge on any atom is 0.283 e. The zero-order valence-electron chi connectivity index (χ0n) is 10.2. The Bertz CT molecular complexity index is 497. The van der Waals surface area contributed by atoms with E-state index in [1.54, 1.807) is 12.1 Å². The third kappa shape index (κ3) is 3.74. The summed E-state index contributed by atoms with van der Waals surface area (Å²) < 4.78 is 0.478. The molecule has 1 aromatic carbocycles. The SMILES string of the molecule is O=C1CCC(NCc2ccc(Br)c([N+](=O)[O-])c2)CN1. The van der Waals surface area contributed by atoms with Crippen molar-refractivity contribution in [2.24, 2.45) is 0 Å². The van der Waals surface area contributed by atoms with Gasteiger partial charge < -0.3 is 10.6 Å². The summed E-state index contributed by atoms with van der Waals surface area (Å²) in [6.07, 6.45) is 1.32. The molecule has 19 heavy (non-hydrogen) atoms. The van der Waals surface area contributed by atoms with Crippen molar-refractivity contribution in [2.45, 2.75) is 25.4 Å². The summed E-state index contributed by atoms with van der Waals surface area (Å²) in [6.45, 7) is 1.16. The topological polar surface area (TPSA) is 84.3 Å². The first kappa shape index (κ1) is 14.0. The monoisotopic (exact) mass is 327 g/mol. The molecular formula is C12H14BrN3O3. The van der Waals surface area contributed by atoms with E-state index in [1.165, 1.54) is 0 Å². The number of benzene rings is 1. The van der Waals surface area contributed by atoms with Gasteiger partial charge in [-0.2, -0.15) is 0 Å². The van der Waals surface area contributed by atoms with Crippen LogP contribution < -0.4 is 10.6 Å². The Morgan fingerprint density at radius 1 is 1.53 bits per heavy atom. The van der Waals surface area contributed by atoms with Crippen LogP contribution in [-0.4, -0.2) is 23.4 Å². The first-order chi connectivity index (χ1) is 9.06. The molecule has 2 rings (SSSR count). The highest BCUT2D eigenvalue weighted by molar-refractivity contribution is 9.10. The van der Waals surface area contributed by atoms with Crippen LogP contribution in [0.1, 0.15) is 18.4 Å². The third-order valence-electron chi connectivity index (χ3n) is 3.07. The molecule has 0 aliphatic carbocycles. The molecule has 1 aromatic rings. The molecule has 1 fully saturated rings. The molecule has 6 nitrogen and oxygen atoms in total. The van der Waals surface area contributed by atoms with Crippen LogP contribution in [0.2, 0.25) is 0 Å². The normalized spacial score (nSPS) is 19.0. The molecule has 1 unspecified atom stereocenters. The van der Waals surface area contributed by atoms with Crippen molar-refractivity contribution in [1.29, 1.82) is 0 Å². The van der Waals surface area contributed by atoms with Gasteiger partial charge >= 0.3 is 0 Å². The molecule has 1 aliphatic rings. The summed E-state index contributed by atoms with van der Waals surface area (Å²) >= 11 is 3.16. The zero-order valence-corrected chi connectivity index (χ0v) is 11.8. The van der Waals surface area contributed by atoms with Crippen LogP contribution in [0.5, 0.6) is 0 Å². The lowest BCUT2D eigenvalue weighted by Crippen LogP contribution is -2.45. The Morgan fingerprint density at radius 3 is 2.95 bits per heavy atom. The number of amides is 1. The van der Waals surface area contributed by atoms with Crippen LogP contribution in [0.25, 0.3) is 0 Å². The van der Waals surface area contributed by atoms with E-state index in [9.17, 15) is 14.9 Å². The predicted molar refractivity (Wildman–Crippen MR) is 73.7 cm³/mol. The molecule has 1 atom stereocenters. The van der Waals surface area contributed by atoms with Crippen molar-refractivity contribution in [2.75, 3.05) is 6.54 Å². The van der Waals surface area contributed by atoms with Crippen molar-refractivity contribution in [1.82, 2.24) is 10.6 Å². The minimum Gasteiger partial charge on any atom is -0.355 e. The average Bonchev–Trinajstić information content (AvgIpc) is 2.39. The standard InChI is InChI=1S/C12H14BrN3O3/c13-10-3-1-8(5-11(10)16(18)19)6-14-9-2-4-12(17)15-7-9/h1,3,5,9,14H,2,4,6-7H2,(H,15,17). The maximum absolute atomic E-state index is 11.0. The molecular weight excluding hydrogens is 314 g/mol. The second kappa shape index (κ2) is 6.12. The van der Waals surface area contributed by atoms with Gasteiger partial charge in [-0.15, -0.1) is 0 Å². The largest absolute Gasteiger partial charge is 0.355 e. The highest BCUT2D eigenvalue weighted by atomic mass is 79.9. The summed E-state index contributed by atoms with van der Waals surface area (Å²) in [4.78, 5) is 21.4. The van der Waals surface area contributed by atoms with Crippen molar-refractivity contribution in [3.63, 3.8) is 0 Å². The molecule has 0 saturated carbocycles. The number of carbonyl (C=O) groups excluding carboxylic acids is 1. The van der Waals surface area contributed by atoms with Crippen molar-refractivity contribution < 1.29 is 9.72 Å². The third-order valence-corrected chi connectivity index (χ3v) is 3.74. The van der Waals surface area contributed by atoms with E-state index in [0.717, 1.165) is 12.0 Å². The molecule has 0 aromatic heterocycles. The van der Waals surface area contributed by atoms with E-state index < -0.39 is 4.92 Å². The summed E-state index contributed by atoms with van der Waals surface area (Å²) in [6, 6.07) is 5.29. The number of nitro groups is 1. The van der Waals surface area contributed by atoms with E-state index >= 15 is 0 Å². The number of hydrogen-bond donors (Lipinski definition) is 2. The van der Waals surface area contributed by atoms with Gasteiger partial charge in [-0.3, -0.25) is 14.9 Å². The second-order valence-electron chi connectivity index (χ2n) is 4.46. The van der Waals surface area contributed by atoms with Crippen LogP contribution in [0.3, 0.4) is 0 Å². The van der Waals surface area contributed by atoms with E-state index in [1.807, 2.05) is 6.07 Å². The number of carbonyl (C=O) groups is 1. The van der Waals surface area contributed by atoms with Gasteiger partial charge in [0.15, 0.2) is 0 Å². The van der Waals surface area contributed by atoms with Crippen molar-refractivity contribution in [3.05, 3.63) is 38.3 Å².